The van der Waals surface area contributed by atoms with Crippen LogP contribution in [-0.4, -0.2) is 18.8 Å². The van der Waals surface area contributed by atoms with Gasteiger partial charge in [-0.1, -0.05) is 22.0 Å². The fourth-order valence-electron chi connectivity index (χ4n) is 1.76. The summed E-state index contributed by atoms with van der Waals surface area (Å²) in [6.45, 7) is 0.608. The standard InChI is InChI=1S/C15H16BrNO2S2/c1-19-14-5-4-12(16)7-11(14)9-20-10-15(18)17-8-13-3-2-6-21-13/h2-7H,8-10H2,1H3,(H,17,18). The summed E-state index contributed by atoms with van der Waals surface area (Å²) in [7, 11) is 1.66. The molecule has 1 heterocycles. The van der Waals surface area contributed by atoms with E-state index in [1.165, 1.54) is 4.88 Å². The molecule has 1 amide bonds. The van der Waals surface area contributed by atoms with Crippen molar-refractivity contribution in [3.63, 3.8) is 0 Å². The van der Waals surface area contributed by atoms with E-state index in [1.807, 2.05) is 35.7 Å². The highest BCUT2D eigenvalue weighted by Crippen LogP contribution is 2.26. The summed E-state index contributed by atoms with van der Waals surface area (Å²) in [5.41, 5.74) is 1.09. The average Bonchev–Trinajstić information content (AvgIpc) is 2.99. The van der Waals surface area contributed by atoms with Crippen LogP contribution in [0.3, 0.4) is 0 Å². The molecule has 6 heteroatoms. The first-order valence-corrected chi connectivity index (χ1v) is 9.21. The largest absolute Gasteiger partial charge is 0.496 e. The summed E-state index contributed by atoms with van der Waals surface area (Å²) in [4.78, 5) is 13.0. The van der Waals surface area contributed by atoms with E-state index < -0.39 is 0 Å². The number of hydrogen-bond donors (Lipinski definition) is 1. The summed E-state index contributed by atoms with van der Waals surface area (Å²) >= 11 is 6.68. The van der Waals surface area contributed by atoms with Gasteiger partial charge in [0.2, 0.25) is 5.91 Å². The maximum Gasteiger partial charge on any atom is 0.230 e. The molecule has 1 aromatic carbocycles. The second-order valence-corrected chi connectivity index (χ2v) is 7.24. The van der Waals surface area contributed by atoms with E-state index >= 15 is 0 Å². The molecule has 3 nitrogen and oxygen atoms in total. The summed E-state index contributed by atoms with van der Waals surface area (Å²) in [5, 5.41) is 4.93. The third kappa shape index (κ3) is 5.37. The highest BCUT2D eigenvalue weighted by molar-refractivity contribution is 9.10. The van der Waals surface area contributed by atoms with Crippen molar-refractivity contribution in [2.24, 2.45) is 0 Å². The number of halogens is 1. The smallest absolute Gasteiger partial charge is 0.230 e. The van der Waals surface area contributed by atoms with Crippen LogP contribution in [0.2, 0.25) is 0 Å². The number of thioether (sulfide) groups is 1. The molecule has 0 atom stereocenters. The Morgan fingerprint density at radius 1 is 1.43 bits per heavy atom. The number of amides is 1. The number of benzene rings is 1. The first-order valence-electron chi connectivity index (χ1n) is 6.38. The minimum absolute atomic E-state index is 0.0577. The van der Waals surface area contributed by atoms with Gasteiger partial charge in [-0.05, 0) is 29.6 Å². The molecule has 0 unspecified atom stereocenters. The molecular formula is C15H16BrNO2S2. The van der Waals surface area contributed by atoms with Gasteiger partial charge in [-0.3, -0.25) is 4.79 Å². The lowest BCUT2D eigenvalue weighted by Gasteiger charge is -2.09. The highest BCUT2D eigenvalue weighted by atomic mass is 79.9. The van der Waals surface area contributed by atoms with Gasteiger partial charge < -0.3 is 10.1 Å². The van der Waals surface area contributed by atoms with Gasteiger partial charge in [0.15, 0.2) is 0 Å². The first kappa shape index (κ1) is 16.4. The summed E-state index contributed by atoms with van der Waals surface area (Å²) in [5.74, 6) is 2.10. The van der Waals surface area contributed by atoms with Crippen molar-refractivity contribution in [2.45, 2.75) is 12.3 Å². The zero-order chi connectivity index (χ0) is 15.1. The van der Waals surface area contributed by atoms with E-state index in [0.29, 0.717) is 12.3 Å². The summed E-state index contributed by atoms with van der Waals surface area (Å²) in [6, 6.07) is 9.90. The van der Waals surface area contributed by atoms with Crippen molar-refractivity contribution in [1.82, 2.24) is 5.32 Å². The Morgan fingerprint density at radius 2 is 2.29 bits per heavy atom. The van der Waals surface area contributed by atoms with Gasteiger partial charge in [-0.25, -0.2) is 0 Å². The molecule has 0 radical (unpaired) electrons. The van der Waals surface area contributed by atoms with E-state index in [0.717, 1.165) is 21.5 Å². The van der Waals surface area contributed by atoms with E-state index in [9.17, 15) is 4.79 Å². The Hall–Kier alpha value is -0.980. The molecule has 1 N–H and O–H groups in total. The number of nitrogens with one attached hydrogen (secondary N) is 1. The molecule has 0 aliphatic carbocycles. The number of carbonyl (C=O) groups is 1. The lowest BCUT2D eigenvalue weighted by atomic mass is 10.2. The van der Waals surface area contributed by atoms with Crippen LogP contribution >= 0.6 is 39.0 Å². The maximum absolute atomic E-state index is 11.8. The second-order valence-electron chi connectivity index (χ2n) is 4.31. The molecule has 2 aromatic rings. The van der Waals surface area contributed by atoms with Crippen LogP contribution in [0.1, 0.15) is 10.4 Å². The van der Waals surface area contributed by atoms with E-state index in [4.69, 9.17) is 4.74 Å². The Labute approximate surface area is 141 Å². The molecule has 21 heavy (non-hydrogen) atoms. The van der Waals surface area contributed by atoms with Crippen LogP contribution in [0.25, 0.3) is 0 Å². The fourth-order valence-corrected chi connectivity index (χ4v) is 3.65. The molecule has 0 saturated carbocycles. The van der Waals surface area contributed by atoms with Crippen LogP contribution in [0.15, 0.2) is 40.2 Å². The van der Waals surface area contributed by atoms with Crippen LogP contribution < -0.4 is 10.1 Å². The van der Waals surface area contributed by atoms with Crippen molar-refractivity contribution < 1.29 is 9.53 Å². The minimum Gasteiger partial charge on any atom is -0.496 e. The van der Waals surface area contributed by atoms with Crippen LogP contribution in [-0.2, 0) is 17.1 Å². The van der Waals surface area contributed by atoms with E-state index in [1.54, 1.807) is 30.2 Å². The Bertz CT molecular complexity index is 587. The van der Waals surface area contributed by atoms with Gasteiger partial charge in [0.25, 0.3) is 0 Å². The van der Waals surface area contributed by atoms with Gasteiger partial charge in [0, 0.05) is 20.7 Å². The number of rotatable bonds is 7. The van der Waals surface area contributed by atoms with Crippen molar-refractivity contribution in [3.8, 4) is 5.75 Å². The van der Waals surface area contributed by atoms with Crippen molar-refractivity contribution in [2.75, 3.05) is 12.9 Å². The Kier molecular flexibility index (Phi) is 6.60. The number of carbonyl (C=O) groups excluding carboxylic acids is 1. The highest BCUT2D eigenvalue weighted by Gasteiger charge is 2.06. The molecule has 0 bridgehead atoms. The lowest BCUT2D eigenvalue weighted by Crippen LogP contribution is -2.24. The Balaban J connectivity index is 1.76. The average molecular weight is 386 g/mol. The second kappa shape index (κ2) is 8.46. The predicted octanol–water partition coefficient (Wildman–Crippen LogP) is 4.07. The maximum atomic E-state index is 11.8. The SMILES string of the molecule is COc1ccc(Br)cc1CSCC(=O)NCc1cccs1. The van der Waals surface area contributed by atoms with E-state index in [-0.39, 0.29) is 5.91 Å². The van der Waals surface area contributed by atoms with Crippen molar-refractivity contribution in [3.05, 3.63) is 50.6 Å². The topological polar surface area (TPSA) is 38.3 Å². The normalized spacial score (nSPS) is 10.4. The number of hydrogen-bond acceptors (Lipinski definition) is 4. The molecule has 0 saturated heterocycles. The quantitative estimate of drug-likeness (QED) is 0.780. The molecule has 2 rings (SSSR count). The molecule has 0 aliphatic rings. The van der Waals surface area contributed by atoms with Gasteiger partial charge >= 0.3 is 0 Å². The number of thiophene rings is 1. The zero-order valence-electron chi connectivity index (χ0n) is 11.6. The lowest BCUT2D eigenvalue weighted by molar-refractivity contribution is -0.118. The van der Waals surface area contributed by atoms with Gasteiger partial charge in [-0.2, -0.15) is 0 Å². The first-order chi connectivity index (χ1) is 10.2. The van der Waals surface area contributed by atoms with Gasteiger partial charge in [0.05, 0.1) is 19.4 Å². The predicted molar refractivity (Wildman–Crippen MR) is 93.0 cm³/mol. The van der Waals surface area contributed by atoms with Crippen molar-refractivity contribution >= 4 is 44.9 Å². The zero-order valence-corrected chi connectivity index (χ0v) is 14.8. The summed E-state index contributed by atoms with van der Waals surface area (Å²) in [6.07, 6.45) is 0. The molecular weight excluding hydrogens is 370 g/mol. The molecule has 112 valence electrons. The minimum atomic E-state index is 0.0577. The monoisotopic (exact) mass is 385 g/mol. The van der Waals surface area contributed by atoms with E-state index in [2.05, 4.69) is 21.2 Å². The van der Waals surface area contributed by atoms with Crippen molar-refractivity contribution in [1.29, 1.82) is 0 Å². The molecule has 0 aliphatic heterocycles. The number of methoxy groups -OCH3 is 1. The third-order valence-corrected chi connectivity index (χ3v) is 5.12. The van der Waals surface area contributed by atoms with Gasteiger partial charge in [-0.15, -0.1) is 23.1 Å². The molecule has 1 aromatic heterocycles. The van der Waals surface area contributed by atoms with Crippen LogP contribution in [0.5, 0.6) is 5.75 Å². The third-order valence-electron chi connectivity index (χ3n) is 2.77. The van der Waals surface area contributed by atoms with Crippen LogP contribution in [0.4, 0.5) is 0 Å². The number of ether oxygens (including phenoxy) is 1. The van der Waals surface area contributed by atoms with Gasteiger partial charge in [0.1, 0.15) is 5.75 Å². The molecule has 0 spiro atoms. The fraction of sp³-hybridized carbons (Fsp3) is 0.267. The summed E-state index contributed by atoms with van der Waals surface area (Å²) < 4.78 is 6.34. The van der Waals surface area contributed by atoms with Crippen LogP contribution in [0, 0.1) is 0 Å². The molecule has 0 fully saturated rings. The Morgan fingerprint density at radius 3 is 3.00 bits per heavy atom.